The molecule has 0 aliphatic rings. The van der Waals surface area contributed by atoms with Gasteiger partial charge < -0.3 is 15.2 Å². The van der Waals surface area contributed by atoms with Gasteiger partial charge in [0.15, 0.2) is 0 Å². The highest BCUT2D eigenvalue weighted by atomic mass is 19.1. The SMILES string of the molecule is COc1ccc(F)cc1C(=O)NCC(O)Cc1ccccc1. The van der Waals surface area contributed by atoms with E-state index in [0.29, 0.717) is 6.42 Å². The van der Waals surface area contributed by atoms with Crippen LogP contribution in [0.2, 0.25) is 0 Å². The van der Waals surface area contributed by atoms with Gasteiger partial charge in [-0.2, -0.15) is 0 Å². The summed E-state index contributed by atoms with van der Waals surface area (Å²) in [6, 6.07) is 13.2. The molecule has 0 aromatic heterocycles. The highest BCUT2D eigenvalue weighted by molar-refractivity contribution is 5.96. The number of benzene rings is 2. The van der Waals surface area contributed by atoms with Gasteiger partial charge in [-0.1, -0.05) is 30.3 Å². The lowest BCUT2D eigenvalue weighted by Gasteiger charge is -2.13. The standard InChI is InChI=1S/C17H18FNO3/c1-22-16-8-7-13(18)10-15(16)17(21)19-11-14(20)9-12-5-3-2-4-6-12/h2-8,10,14,20H,9,11H2,1H3,(H,19,21). The topological polar surface area (TPSA) is 58.6 Å². The lowest BCUT2D eigenvalue weighted by molar-refractivity contribution is 0.0912. The molecule has 2 aromatic rings. The van der Waals surface area contributed by atoms with Crippen LogP contribution in [0.4, 0.5) is 4.39 Å². The minimum atomic E-state index is -0.717. The van der Waals surface area contributed by atoms with Crippen LogP contribution in [0.25, 0.3) is 0 Å². The molecule has 0 bridgehead atoms. The zero-order chi connectivity index (χ0) is 15.9. The van der Waals surface area contributed by atoms with Crippen molar-refractivity contribution >= 4 is 5.91 Å². The second kappa shape index (κ2) is 7.56. The van der Waals surface area contributed by atoms with Crippen LogP contribution in [-0.2, 0) is 6.42 Å². The molecule has 4 nitrogen and oxygen atoms in total. The summed E-state index contributed by atoms with van der Waals surface area (Å²) in [5, 5.41) is 12.5. The van der Waals surface area contributed by atoms with Gasteiger partial charge in [0.2, 0.25) is 0 Å². The Hall–Kier alpha value is -2.40. The van der Waals surface area contributed by atoms with Gasteiger partial charge in [0.1, 0.15) is 11.6 Å². The molecule has 0 saturated carbocycles. The molecule has 0 aliphatic heterocycles. The first-order valence-electron chi connectivity index (χ1n) is 6.94. The quantitative estimate of drug-likeness (QED) is 0.860. The number of carbonyl (C=O) groups excluding carboxylic acids is 1. The molecule has 5 heteroatoms. The highest BCUT2D eigenvalue weighted by Crippen LogP contribution is 2.19. The maximum Gasteiger partial charge on any atom is 0.255 e. The maximum absolute atomic E-state index is 13.2. The lowest BCUT2D eigenvalue weighted by atomic mass is 10.1. The van der Waals surface area contributed by atoms with Gasteiger partial charge in [-0.25, -0.2) is 4.39 Å². The van der Waals surface area contributed by atoms with E-state index in [-0.39, 0.29) is 17.9 Å². The van der Waals surface area contributed by atoms with Crippen LogP contribution in [0.3, 0.4) is 0 Å². The third-order valence-corrected chi connectivity index (χ3v) is 3.22. The fraction of sp³-hybridized carbons (Fsp3) is 0.235. The Labute approximate surface area is 128 Å². The van der Waals surface area contributed by atoms with Gasteiger partial charge >= 0.3 is 0 Å². The van der Waals surface area contributed by atoms with Crippen LogP contribution in [0.1, 0.15) is 15.9 Å². The van der Waals surface area contributed by atoms with Crippen molar-refractivity contribution in [3.8, 4) is 5.75 Å². The number of aliphatic hydroxyl groups is 1. The maximum atomic E-state index is 13.2. The summed E-state index contributed by atoms with van der Waals surface area (Å²) in [7, 11) is 1.41. The average molecular weight is 303 g/mol. The Morgan fingerprint density at radius 1 is 1.27 bits per heavy atom. The van der Waals surface area contributed by atoms with Crippen LogP contribution in [0, 0.1) is 5.82 Å². The normalized spacial score (nSPS) is 11.8. The largest absolute Gasteiger partial charge is 0.496 e. The first-order valence-corrected chi connectivity index (χ1v) is 6.94. The van der Waals surface area contributed by atoms with Crippen molar-refractivity contribution in [3.05, 3.63) is 65.5 Å². The van der Waals surface area contributed by atoms with E-state index >= 15 is 0 Å². The van der Waals surface area contributed by atoms with E-state index in [1.165, 1.54) is 19.2 Å². The number of ether oxygens (including phenoxy) is 1. The minimum Gasteiger partial charge on any atom is -0.496 e. The van der Waals surface area contributed by atoms with E-state index < -0.39 is 17.8 Å². The number of rotatable bonds is 6. The van der Waals surface area contributed by atoms with Crippen LogP contribution in [-0.4, -0.2) is 30.8 Å². The van der Waals surface area contributed by atoms with E-state index in [1.807, 2.05) is 30.3 Å². The number of nitrogens with one attached hydrogen (secondary N) is 1. The fourth-order valence-corrected chi connectivity index (χ4v) is 2.12. The first kappa shape index (κ1) is 16.0. The third kappa shape index (κ3) is 4.30. The summed E-state index contributed by atoms with van der Waals surface area (Å²) in [4.78, 5) is 12.1. The summed E-state index contributed by atoms with van der Waals surface area (Å²) in [6.45, 7) is 0.0768. The van der Waals surface area contributed by atoms with Crippen molar-refractivity contribution in [3.63, 3.8) is 0 Å². The molecule has 0 heterocycles. The Morgan fingerprint density at radius 2 is 2.00 bits per heavy atom. The van der Waals surface area contributed by atoms with Gasteiger partial charge in [0.25, 0.3) is 5.91 Å². The molecule has 0 saturated heterocycles. The number of carbonyl (C=O) groups is 1. The summed E-state index contributed by atoms with van der Waals surface area (Å²) in [5.41, 5.74) is 1.09. The van der Waals surface area contributed by atoms with Crippen molar-refractivity contribution < 1.29 is 19.0 Å². The van der Waals surface area contributed by atoms with Gasteiger partial charge in [0.05, 0.1) is 18.8 Å². The minimum absolute atomic E-state index is 0.0768. The Balaban J connectivity index is 1.94. The molecular formula is C17H18FNO3. The summed E-state index contributed by atoms with van der Waals surface area (Å²) < 4.78 is 18.3. The smallest absolute Gasteiger partial charge is 0.255 e. The van der Waals surface area contributed by atoms with Crippen LogP contribution >= 0.6 is 0 Å². The van der Waals surface area contributed by atoms with Gasteiger partial charge in [-0.05, 0) is 23.8 Å². The predicted molar refractivity (Wildman–Crippen MR) is 81.4 cm³/mol. The van der Waals surface area contributed by atoms with E-state index in [9.17, 15) is 14.3 Å². The Morgan fingerprint density at radius 3 is 2.68 bits per heavy atom. The van der Waals surface area contributed by atoms with E-state index in [1.54, 1.807) is 0 Å². The molecule has 2 aromatic carbocycles. The summed E-state index contributed by atoms with van der Waals surface area (Å²) >= 11 is 0. The van der Waals surface area contributed by atoms with Gasteiger partial charge in [-0.15, -0.1) is 0 Å². The lowest BCUT2D eigenvalue weighted by Crippen LogP contribution is -2.33. The number of hydrogen-bond acceptors (Lipinski definition) is 3. The second-order valence-electron chi connectivity index (χ2n) is 4.90. The molecular weight excluding hydrogens is 285 g/mol. The molecule has 0 spiro atoms. The Kier molecular flexibility index (Phi) is 5.49. The van der Waals surface area contributed by atoms with Crippen LogP contribution in [0.5, 0.6) is 5.75 Å². The molecule has 0 aliphatic carbocycles. The van der Waals surface area contributed by atoms with E-state index in [2.05, 4.69) is 5.32 Å². The molecule has 1 amide bonds. The molecule has 1 unspecified atom stereocenters. The van der Waals surface area contributed by atoms with Gasteiger partial charge in [-0.3, -0.25) is 4.79 Å². The van der Waals surface area contributed by atoms with Crippen LogP contribution < -0.4 is 10.1 Å². The van der Waals surface area contributed by atoms with Crippen molar-refractivity contribution in [2.75, 3.05) is 13.7 Å². The molecule has 0 radical (unpaired) electrons. The summed E-state index contributed by atoms with van der Waals surface area (Å²) in [6.07, 6.45) is -0.285. The molecule has 2 rings (SSSR count). The van der Waals surface area contributed by atoms with E-state index in [0.717, 1.165) is 11.6 Å². The number of methoxy groups -OCH3 is 1. The molecule has 0 fully saturated rings. The number of hydrogen-bond donors (Lipinski definition) is 2. The Bertz CT molecular complexity index is 631. The zero-order valence-electron chi connectivity index (χ0n) is 12.3. The molecule has 2 N–H and O–H groups in total. The summed E-state index contributed by atoms with van der Waals surface area (Å²) in [5.74, 6) is -0.712. The fourth-order valence-electron chi connectivity index (χ4n) is 2.12. The first-order chi connectivity index (χ1) is 10.6. The van der Waals surface area contributed by atoms with Gasteiger partial charge in [0, 0.05) is 13.0 Å². The van der Waals surface area contributed by atoms with Crippen molar-refractivity contribution in [1.82, 2.24) is 5.32 Å². The van der Waals surface area contributed by atoms with Crippen LogP contribution in [0.15, 0.2) is 48.5 Å². The van der Waals surface area contributed by atoms with Crippen molar-refractivity contribution in [2.45, 2.75) is 12.5 Å². The molecule has 116 valence electrons. The predicted octanol–water partition coefficient (Wildman–Crippen LogP) is 2.17. The van der Waals surface area contributed by atoms with Crippen molar-refractivity contribution in [2.24, 2.45) is 0 Å². The molecule has 1 atom stereocenters. The zero-order valence-corrected chi connectivity index (χ0v) is 12.3. The highest BCUT2D eigenvalue weighted by Gasteiger charge is 2.14. The third-order valence-electron chi connectivity index (χ3n) is 3.22. The van der Waals surface area contributed by atoms with Crippen molar-refractivity contribution in [1.29, 1.82) is 0 Å². The average Bonchev–Trinajstić information content (AvgIpc) is 2.53. The van der Waals surface area contributed by atoms with E-state index in [4.69, 9.17) is 4.74 Å². The molecule has 22 heavy (non-hydrogen) atoms. The number of aliphatic hydroxyl groups excluding tert-OH is 1. The monoisotopic (exact) mass is 303 g/mol. The number of amides is 1. The number of halogens is 1. The second-order valence-corrected chi connectivity index (χ2v) is 4.90.